The molecule has 1 aliphatic rings. The minimum atomic E-state index is -0.306. The van der Waals surface area contributed by atoms with Crippen LogP contribution in [0.2, 0.25) is 10.3 Å². The monoisotopic (exact) mass is 262 g/mol. The Morgan fingerprint density at radius 1 is 1.62 bits per heavy atom. The Bertz CT molecular complexity index is 443. The van der Waals surface area contributed by atoms with Crippen molar-refractivity contribution in [2.45, 2.75) is 18.9 Å². The molecule has 0 saturated heterocycles. The van der Waals surface area contributed by atoms with Crippen molar-refractivity contribution in [3.63, 3.8) is 0 Å². The predicted octanol–water partition coefficient (Wildman–Crippen LogP) is 2.15. The molecule has 2 rings (SSSR count). The van der Waals surface area contributed by atoms with Crippen LogP contribution in [0.1, 0.15) is 18.9 Å². The summed E-state index contributed by atoms with van der Waals surface area (Å²) in [4.78, 5) is 15.5. The van der Waals surface area contributed by atoms with E-state index in [2.05, 4.69) is 4.98 Å². The maximum absolute atomic E-state index is 11.8. The fraction of sp³-hybridized carbons (Fsp3) is 0.600. The maximum atomic E-state index is 11.8. The summed E-state index contributed by atoms with van der Waals surface area (Å²) >= 11 is 11.5. The Morgan fingerprint density at radius 3 is 2.88 bits per heavy atom. The lowest BCUT2D eigenvalue weighted by Gasteiger charge is -2.18. The first-order chi connectivity index (χ1) is 7.63. The van der Waals surface area contributed by atoms with Gasteiger partial charge >= 0.3 is 0 Å². The van der Waals surface area contributed by atoms with Crippen molar-refractivity contribution >= 4 is 23.2 Å². The highest BCUT2D eigenvalue weighted by Gasteiger charge is 2.33. The first kappa shape index (κ1) is 11.9. The molecular formula is C10H12Cl2N2O2. The Kier molecular flexibility index (Phi) is 3.52. The lowest BCUT2D eigenvalue weighted by molar-refractivity contribution is 0.143. The summed E-state index contributed by atoms with van der Waals surface area (Å²) < 4.78 is 6.67. The van der Waals surface area contributed by atoms with Gasteiger partial charge in [0.1, 0.15) is 5.15 Å². The summed E-state index contributed by atoms with van der Waals surface area (Å²) in [5, 5.41) is 0.139. The van der Waals surface area contributed by atoms with Crippen LogP contribution in [0, 0.1) is 5.92 Å². The SMILES string of the molecule is COCC(C1CC1)n1cc(Cl)nc(Cl)c1=O. The van der Waals surface area contributed by atoms with Crippen LogP contribution in [-0.4, -0.2) is 23.3 Å². The van der Waals surface area contributed by atoms with E-state index in [1.165, 1.54) is 6.20 Å². The molecule has 1 unspecified atom stereocenters. The van der Waals surface area contributed by atoms with E-state index in [4.69, 9.17) is 27.9 Å². The van der Waals surface area contributed by atoms with Gasteiger partial charge in [-0.25, -0.2) is 4.98 Å². The molecule has 6 heteroatoms. The zero-order valence-corrected chi connectivity index (χ0v) is 10.3. The number of aromatic nitrogens is 2. The highest BCUT2D eigenvalue weighted by atomic mass is 35.5. The fourth-order valence-corrected chi connectivity index (χ4v) is 2.21. The van der Waals surface area contributed by atoms with Gasteiger partial charge in [-0.05, 0) is 18.8 Å². The standard InChI is InChI=1S/C10H12Cl2N2O2/c1-16-5-7(6-2-3-6)14-4-8(11)13-9(12)10(14)15/h4,6-7H,2-3,5H2,1H3. The van der Waals surface area contributed by atoms with Gasteiger partial charge < -0.3 is 9.30 Å². The quantitative estimate of drug-likeness (QED) is 0.836. The zero-order valence-electron chi connectivity index (χ0n) is 8.82. The number of methoxy groups -OCH3 is 1. The molecular weight excluding hydrogens is 251 g/mol. The number of hydrogen-bond acceptors (Lipinski definition) is 3. The Balaban J connectivity index is 2.39. The third-order valence-corrected chi connectivity index (χ3v) is 3.15. The molecule has 0 aliphatic heterocycles. The summed E-state index contributed by atoms with van der Waals surface area (Å²) in [6.45, 7) is 0.487. The van der Waals surface area contributed by atoms with Crippen LogP contribution in [0.15, 0.2) is 11.0 Å². The van der Waals surface area contributed by atoms with Gasteiger partial charge in [-0.15, -0.1) is 0 Å². The van der Waals surface area contributed by atoms with Crippen molar-refractivity contribution in [3.8, 4) is 0 Å². The molecule has 88 valence electrons. The molecule has 4 nitrogen and oxygen atoms in total. The average Bonchev–Trinajstić information content (AvgIpc) is 3.04. The van der Waals surface area contributed by atoms with Crippen LogP contribution in [-0.2, 0) is 4.74 Å². The maximum Gasteiger partial charge on any atom is 0.288 e. The van der Waals surface area contributed by atoms with Gasteiger partial charge in [-0.3, -0.25) is 4.79 Å². The van der Waals surface area contributed by atoms with Gasteiger partial charge in [-0.1, -0.05) is 23.2 Å². The van der Waals surface area contributed by atoms with E-state index in [9.17, 15) is 4.79 Å². The Morgan fingerprint density at radius 2 is 2.31 bits per heavy atom. The van der Waals surface area contributed by atoms with E-state index in [0.717, 1.165) is 12.8 Å². The van der Waals surface area contributed by atoms with E-state index in [0.29, 0.717) is 12.5 Å². The molecule has 0 aromatic carbocycles. The highest BCUT2D eigenvalue weighted by molar-refractivity contribution is 6.32. The summed E-state index contributed by atoms with van der Waals surface area (Å²) in [6, 6.07) is 0.00972. The molecule has 1 saturated carbocycles. The average molecular weight is 263 g/mol. The van der Waals surface area contributed by atoms with E-state index in [1.807, 2.05) is 0 Å². The normalized spacial score (nSPS) is 17.4. The van der Waals surface area contributed by atoms with Crippen LogP contribution in [0.3, 0.4) is 0 Å². The lowest BCUT2D eigenvalue weighted by Crippen LogP contribution is -2.29. The summed E-state index contributed by atoms with van der Waals surface area (Å²) in [5.74, 6) is 0.479. The van der Waals surface area contributed by atoms with E-state index >= 15 is 0 Å². The van der Waals surface area contributed by atoms with Gasteiger partial charge in [0.2, 0.25) is 0 Å². The highest BCUT2D eigenvalue weighted by Crippen LogP contribution is 2.39. The smallest absolute Gasteiger partial charge is 0.288 e. The number of ether oxygens (including phenoxy) is 1. The van der Waals surface area contributed by atoms with Crippen molar-refractivity contribution in [2.24, 2.45) is 5.92 Å². The molecule has 1 atom stereocenters. The molecule has 0 radical (unpaired) electrons. The van der Waals surface area contributed by atoms with Crippen molar-refractivity contribution in [1.29, 1.82) is 0 Å². The van der Waals surface area contributed by atoms with Gasteiger partial charge in [0.05, 0.1) is 12.6 Å². The number of rotatable bonds is 4. The van der Waals surface area contributed by atoms with E-state index < -0.39 is 0 Å². The second-order valence-corrected chi connectivity index (χ2v) is 4.67. The van der Waals surface area contributed by atoms with Gasteiger partial charge in [0, 0.05) is 13.3 Å². The molecule has 1 heterocycles. The van der Waals surface area contributed by atoms with Crippen LogP contribution in [0.25, 0.3) is 0 Å². The van der Waals surface area contributed by atoms with Crippen LogP contribution < -0.4 is 5.56 Å². The second-order valence-electron chi connectivity index (χ2n) is 3.93. The van der Waals surface area contributed by atoms with Crippen molar-refractivity contribution in [1.82, 2.24) is 9.55 Å². The molecule has 0 spiro atoms. The first-order valence-corrected chi connectivity index (χ1v) is 5.82. The number of hydrogen-bond donors (Lipinski definition) is 0. The molecule has 1 fully saturated rings. The fourth-order valence-electron chi connectivity index (χ4n) is 1.79. The summed E-state index contributed by atoms with van der Waals surface area (Å²) in [5.41, 5.74) is -0.306. The van der Waals surface area contributed by atoms with Crippen molar-refractivity contribution in [2.75, 3.05) is 13.7 Å². The predicted molar refractivity (Wildman–Crippen MR) is 62.2 cm³/mol. The van der Waals surface area contributed by atoms with Crippen LogP contribution in [0.5, 0.6) is 0 Å². The van der Waals surface area contributed by atoms with Gasteiger partial charge in [-0.2, -0.15) is 0 Å². The zero-order chi connectivity index (χ0) is 11.7. The first-order valence-electron chi connectivity index (χ1n) is 5.06. The third kappa shape index (κ3) is 2.39. The molecule has 16 heavy (non-hydrogen) atoms. The van der Waals surface area contributed by atoms with Crippen molar-refractivity contribution < 1.29 is 4.74 Å². The minimum Gasteiger partial charge on any atom is -0.383 e. The molecule has 1 aromatic heterocycles. The molecule has 0 amide bonds. The molecule has 1 aromatic rings. The van der Waals surface area contributed by atoms with E-state index in [-0.39, 0.29) is 21.9 Å². The lowest BCUT2D eigenvalue weighted by atomic mass is 10.2. The van der Waals surface area contributed by atoms with Crippen LogP contribution in [0.4, 0.5) is 0 Å². The summed E-state index contributed by atoms with van der Waals surface area (Å²) in [7, 11) is 1.62. The number of nitrogens with zero attached hydrogens (tertiary/aromatic N) is 2. The van der Waals surface area contributed by atoms with Crippen molar-refractivity contribution in [3.05, 3.63) is 26.9 Å². The van der Waals surface area contributed by atoms with Gasteiger partial charge in [0.25, 0.3) is 5.56 Å². The Hall–Kier alpha value is -0.580. The van der Waals surface area contributed by atoms with E-state index in [1.54, 1.807) is 11.7 Å². The summed E-state index contributed by atoms with van der Waals surface area (Å²) in [6.07, 6.45) is 3.74. The van der Waals surface area contributed by atoms with Gasteiger partial charge in [0.15, 0.2) is 5.15 Å². The molecule has 1 aliphatic carbocycles. The molecule has 0 bridgehead atoms. The third-order valence-electron chi connectivity index (χ3n) is 2.72. The molecule has 0 N–H and O–H groups in total. The topological polar surface area (TPSA) is 44.1 Å². The second kappa shape index (κ2) is 4.73. The Labute approximate surface area is 103 Å². The van der Waals surface area contributed by atoms with Crippen LogP contribution >= 0.6 is 23.2 Å². The number of halogens is 2. The largest absolute Gasteiger partial charge is 0.383 e. The minimum absolute atomic E-state index is 0.00972.